The molecule has 0 spiro atoms. The van der Waals surface area contributed by atoms with Gasteiger partial charge in [0.15, 0.2) is 17.4 Å². The van der Waals surface area contributed by atoms with Crippen LogP contribution in [0.2, 0.25) is 10.0 Å². The van der Waals surface area contributed by atoms with Crippen LogP contribution < -0.4 is 9.88 Å². The van der Waals surface area contributed by atoms with Gasteiger partial charge in [-0.2, -0.15) is 4.57 Å². The molecule has 0 fully saturated rings. The number of Topliss-reactive ketones (excluding diaryl/α,β-unsaturated/α-hetero) is 1. The minimum Gasteiger partial charge on any atom is -0.374 e. The van der Waals surface area contributed by atoms with Crippen LogP contribution in [0.5, 0.6) is 0 Å². The van der Waals surface area contributed by atoms with Crippen molar-refractivity contribution in [3.63, 3.8) is 0 Å². The number of halogens is 2. The third-order valence-corrected chi connectivity index (χ3v) is 4.20. The maximum atomic E-state index is 12.9. The van der Waals surface area contributed by atoms with E-state index in [1.54, 1.807) is 22.8 Å². The number of nitrogens with one attached hydrogen (secondary N) is 1. The molecule has 22 heavy (non-hydrogen) atoms. The van der Waals surface area contributed by atoms with E-state index in [1.165, 1.54) is 0 Å². The molecule has 0 saturated heterocycles. The summed E-state index contributed by atoms with van der Waals surface area (Å²) in [5.41, 5.74) is 0.469. The molecule has 1 N–H and O–H groups in total. The van der Waals surface area contributed by atoms with Crippen LogP contribution >= 0.6 is 35.4 Å². The monoisotopic (exact) mass is 353 g/mol. The predicted molar refractivity (Wildman–Crippen MR) is 92.7 cm³/mol. The Balaban J connectivity index is 2.42. The Morgan fingerprint density at radius 1 is 1.23 bits per heavy atom. The second kappa shape index (κ2) is 7.68. The SMILES string of the molecule is CCNC(=S)C(C(=O)c1ccc(Cl)c(Cl)c1)[n+]1ccccc1. The van der Waals surface area contributed by atoms with Crippen molar-refractivity contribution in [2.24, 2.45) is 0 Å². The summed E-state index contributed by atoms with van der Waals surface area (Å²) in [6, 6.07) is 9.80. The lowest BCUT2D eigenvalue weighted by Gasteiger charge is -2.14. The van der Waals surface area contributed by atoms with Crippen LogP contribution in [0.3, 0.4) is 0 Å². The van der Waals surface area contributed by atoms with Crippen molar-refractivity contribution in [2.45, 2.75) is 13.0 Å². The number of pyridine rings is 1. The van der Waals surface area contributed by atoms with E-state index in [4.69, 9.17) is 35.4 Å². The third kappa shape index (κ3) is 3.83. The number of carbonyl (C=O) groups is 1. The molecule has 6 heteroatoms. The number of rotatable bonds is 5. The molecule has 0 radical (unpaired) electrons. The van der Waals surface area contributed by atoms with Crippen LogP contribution in [0.25, 0.3) is 0 Å². The Morgan fingerprint density at radius 2 is 1.91 bits per heavy atom. The average molecular weight is 354 g/mol. The van der Waals surface area contributed by atoms with Gasteiger partial charge in [-0.3, -0.25) is 4.79 Å². The second-order valence-corrected chi connectivity index (χ2v) is 5.87. The molecule has 1 heterocycles. The third-order valence-electron chi connectivity index (χ3n) is 3.09. The number of nitrogens with zero attached hydrogens (tertiary/aromatic N) is 1. The zero-order valence-electron chi connectivity index (χ0n) is 11.9. The molecular weight excluding hydrogens is 339 g/mol. The molecule has 2 rings (SSSR count). The zero-order valence-corrected chi connectivity index (χ0v) is 14.3. The van der Waals surface area contributed by atoms with Crippen molar-refractivity contribution >= 4 is 46.2 Å². The minimum absolute atomic E-state index is 0.138. The van der Waals surface area contributed by atoms with Crippen molar-refractivity contribution < 1.29 is 9.36 Å². The van der Waals surface area contributed by atoms with Crippen molar-refractivity contribution in [1.82, 2.24) is 5.32 Å². The van der Waals surface area contributed by atoms with Gasteiger partial charge in [0.25, 0.3) is 6.04 Å². The van der Waals surface area contributed by atoms with Gasteiger partial charge in [0.05, 0.1) is 10.0 Å². The van der Waals surface area contributed by atoms with E-state index in [0.717, 1.165) is 0 Å². The van der Waals surface area contributed by atoms with Crippen LogP contribution in [0.1, 0.15) is 23.3 Å². The van der Waals surface area contributed by atoms with Crippen LogP contribution in [0, 0.1) is 0 Å². The van der Waals surface area contributed by atoms with Gasteiger partial charge in [-0.15, -0.1) is 0 Å². The normalized spacial score (nSPS) is 11.8. The van der Waals surface area contributed by atoms with Crippen molar-refractivity contribution in [3.8, 4) is 0 Å². The zero-order chi connectivity index (χ0) is 16.1. The molecular formula is C16H15Cl2N2OS+. The van der Waals surface area contributed by atoms with Gasteiger partial charge in [-0.1, -0.05) is 41.5 Å². The van der Waals surface area contributed by atoms with Gasteiger partial charge < -0.3 is 5.32 Å². The number of likely N-dealkylation sites (N-methyl/N-ethyl adjacent to an activating group) is 1. The molecule has 3 nitrogen and oxygen atoms in total. The summed E-state index contributed by atoms with van der Waals surface area (Å²) >= 11 is 17.3. The lowest BCUT2D eigenvalue weighted by molar-refractivity contribution is -0.692. The van der Waals surface area contributed by atoms with Crippen molar-refractivity contribution in [1.29, 1.82) is 0 Å². The predicted octanol–water partition coefficient (Wildman–Crippen LogP) is 3.64. The minimum atomic E-state index is -0.617. The van der Waals surface area contributed by atoms with Crippen molar-refractivity contribution in [3.05, 3.63) is 64.4 Å². The topological polar surface area (TPSA) is 33.0 Å². The Labute approximate surface area is 144 Å². The number of ketones is 1. The number of hydrogen-bond donors (Lipinski definition) is 1. The van der Waals surface area contributed by atoms with E-state index in [-0.39, 0.29) is 5.78 Å². The molecule has 2 aromatic rings. The van der Waals surface area contributed by atoms with Gasteiger partial charge >= 0.3 is 0 Å². The average Bonchev–Trinajstić information content (AvgIpc) is 2.51. The Morgan fingerprint density at radius 3 is 2.50 bits per heavy atom. The van der Waals surface area contributed by atoms with Crippen LogP contribution in [-0.2, 0) is 0 Å². The van der Waals surface area contributed by atoms with E-state index < -0.39 is 6.04 Å². The first kappa shape index (κ1) is 16.9. The maximum Gasteiger partial charge on any atom is 0.270 e. The largest absolute Gasteiger partial charge is 0.374 e. The van der Waals surface area contributed by atoms with Gasteiger partial charge in [0.2, 0.25) is 5.78 Å². The highest BCUT2D eigenvalue weighted by molar-refractivity contribution is 7.80. The standard InChI is InChI=1S/C16H14Cl2N2OS/c1-2-19-16(22)14(20-8-4-3-5-9-20)15(21)11-6-7-12(17)13(18)10-11/h3-10,14H,2H2,1H3/p+1. The summed E-state index contributed by atoms with van der Waals surface area (Å²) in [5, 5.41) is 3.81. The van der Waals surface area contributed by atoms with Crippen LogP contribution in [-0.4, -0.2) is 17.3 Å². The Kier molecular flexibility index (Phi) is 5.89. The lowest BCUT2D eigenvalue weighted by atomic mass is 10.0. The highest BCUT2D eigenvalue weighted by atomic mass is 35.5. The van der Waals surface area contributed by atoms with Crippen LogP contribution in [0.15, 0.2) is 48.8 Å². The fourth-order valence-electron chi connectivity index (χ4n) is 2.05. The highest BCUT2D eigenvalue weighted by Gasteiger charge is 2.32. The molecule has 114 valence electrons. The number of hydrogen-bond acceptors (Lipinski definition) is 2. The first-order valence-electron chi connectivity index (χ1n) is 6.77. The Bertz CT molecular complexity index is 692. The summed E-state index contributed by atoms with van der Waals surface area (Å²) in [7, 11) is 0. The molecule has 0 aliphatic heterocycles. The van der Waals surface area contributed by atoms with Gasteiger partial charge in [0, 0.05) is 24.2 Å². The number of benzene rings is 1. The lowest BCUT2D eigenvalue weighted by Crippen LogP contribution is -2.51. The van der Waals surface area contributed by atoms with Crippen LogP contribution in [0.4, 0.5) is 0 Å². The number of carbonyl (C=O) groups excluding carboxylic acids is 1. The molecule has 1 aromatic carbocycles. The number of thiocarbonyl (C=S) groups is 1. The summed E-state index contributed by atoms with van der Waals surface area (Å²) in [5.74, 6) is -0.138. The first-order valence-corrected chi connectivity index (χ1v) is 7.93. The van der Waals surface area contributed by atoms with Gasteiger partial charge in [-0.25, -0.2) is 0 Å². The molecule has 0 aliphatic rings. The second-order valence-electron chi connectivity index (χ2n) is 4.61. The van der Waals surface area contributed by atoms with Gasteiger partial charge in [0.1, 0.15) is 0 Å². The van der Waals surface area contributed by atoms with E-state index in [2.05, 4.69) is 5.32 Å². The number of aromatic nitrogens is 1. The molecule has 0 bridgehead atoms. The summed E-state index contributed by atoms with van der Waals surface area (Å²) in [6.07, 6.45) is 3.62. The smallest absolute Gasteiger partial charge is 0.270 e. The van der Waals surface area contributed by atoms with E-state index in [1.807, 2.05) is 37.5 Å². The van der Waals surface area contributed by atoms with Crippen molar-refractivity contribution in [2.75, 3.05) is 6.54 Å². The fraction of sp³-hybridized carbons (Fsp3) is 0.188. The maximum absolute atomic E-state index is 12.9. The summed E-state index contributed by atoms with van der Waals surface area (Å²) in [4.78, 5) is 13.3. The summed E-state index contributed by atoms with van der Waals surface area (Å²) < 4.78 is 1.77. The first-order chi connectivity index (χ1) is 10.5. The molecule has 0 saturated carbocycles. The molecule has 1 aromatic heterocycles. The molecule has 0 aliphatic carbocycles. The molecule has 1 atom stereocenters. The van der Waals surface area contributed by atoms with E-state index >= 15 is 0 Å². The highest BCUT2D eigenvalue weighted by Crippen LogP contribution is 2.24. The fourth-order valence-corrected chi connectivity index (χ4v) is 2.72. The Hall–Kier alpha value is -1.49. The molecule has 0 amide bonds. The van der Waals surface area contributed by atoms with E-state index in [0.29, 0.717) is 27.1 Å². The summed E-state index contributed by atoms with van der Waals surface area (Å²) in [6.45, 7) is 2.58. The van der Waals surface area contributed by atoms with E-state index in [9.17, 15) is 4.79 Å². The quantitative estimate of drug-likeness (QED) is 0.506. The van der Waals surface area contributed by atoms with Gasteiger partial charge in [-0.05, 0) is 25.1 Å². The molecule has 1 unspecified atom stereocenters.